The number of hydrogen-bond acceptors (Lipinski definition) is 6. The number of aromatic nitrogens is 2. The highest BCUT2D eigenvalue weighted by atomic mass is 79.9. The first kappa shape index (κ1) is 15.9. The molecule has 7 nitrogen and oxygen atoms in total. The van der Waals surface area contributed by atoms with Gasteiger partial charge in [-0.15, -0.1) is 0 Å². The summed E-state index contributed by atoms with van der Waals surface area (Å²) in [5.41, 5.74) is 13.6. The van der Waals surface area contributed by atoms with Crippen LogP contribution in [0, 0.1) is 0 Å². The highest BCUT2D eigenvalue weighted by molar-refractivity contribution is 9.11. The molecule has 1 aromatic carbocycles. The summed E-state index contributed by atoms with van der Waals surface area (Å²) in [6, 6.07) is 1.99. The van der Waals surface area contributed by atoms with E-state index in [4.69, 9.17) is 16.5 Å². The lowest BCUT2D eigenvalue weighted by Crippen LogP contribution is -2.58. The van der Waals surface area contributed by atoms with Crippen LogP contribution in [0.5, 0.6) is 0 Å². The first-order chi connectivity index (χ1) is 11.5. The number of rotatable bonds is 1. The molecule has 2 heterocycles. The van der Waals surface area contributed by atoms with Gasteiger partial charge in [-0.05, 0) is 63.6 Å². The number of nitrogens with one attached hydrogen (secondary N) is 1. The molecule has 0 amide bonds. The van der Waals surface area contributed by atoms with E-state index in [9.17, 15) is 0 Å². The van der Waals surface area contributed by atoms with E-state index in [1.165, 1.54) is 6.42 Å². The van der Waals surface area contributed by atoms with Crippen molar-refractivity contribution in [3.05, 3.63) is 21.2 Å². The van der Waals surface area contributed by atoms with Crippen molar-refractivity contribution >= 4 is 60.4 Å². The first-order valence-electron chi connectivity index (χ1n) is 7.83. The number of guanidine groups is 2. The van der Waals surface area contributed by atoms with Crippen LogP contribution in [0.1, 0.15) is 32.1 Å². The summed E-state index contributed by atoms with van der Waals surface area (Å²) in [4.78, 5) is 11.0. The quantitative estimate of drug-likeness (QED) is 0.614. The lowest BCUT2D eigenvalue weighted by molar-refractivity contribution is 0.306. The maximum atomic E-state index is 6.33. The number of H-pyrrole nitrogens is 1. The fourth-order valence-corrected chi connectivity index (χ4v) is 5.16. The highest BCUT2D eigenvalue weighted by Gasteiger charge is 2.44. The SMILES string of the molecule is NC1=NC2(CCCCC2)N(c2c(Br)cc(Br)c3[nH]ncc23)C(N)=N1. The Morgan fingerprint density at radius 3 is 2.62 bits per heavy atom. The van der Waals surface area contributed by atoms with Gasteiger partial charge in [0, 0.05) is 14.3 Å². The number of anilines is 1. The fourth-order valence-electron chi connectivity index (χ4n) is 3.70. The van der Waals surface area contributed by atoms with Gasteiger partial charge in [0.2, 0.25) is 11.9 Å². The highest BCUT2D eigenvalue weighted by Crippen LogP contribution is 2.45. The topological polar surface area (TPSA) is 109 Å². The second-order valence-corrected chi connectivity index (χ2v) is 7.87. The Bertz CT molecular complexity index is 864. The number of nitrogens with two attached hydrogens (primary N) is 2. The van der Waals surface area contributed by atoms with Crippen LogP contribution < -0.4 is 16.4 Å². The van der Waals surface area contributed by atoms with Crippen molar-refractivity contribution in [2.45, 2.75) is 37.8 Å². The van der Waals surface area contributed by atoms with Crippen LogP contribution in [0.15, 0.2) is 31.2 Å². The summed E-state index contributed by atoms with van der Waals surface area (Å²) in [5, 5.41) is 8.17. The summed E-state index contributed by atoms with van der Waals surface area (Å²) in [6.07, 6.45) is 6.96. The van der Waals surface area contributed by atoms with E-state index in [0.717, 1.165) is 51.2 Å². The van der Waals surface area contributed by atoms with E-state index in [0.29, 0.717) is 5.96 Å². The molecule has 2 aromatic rings. The number of fused-ring (bicyclic) bond motifs is 1. The number of aliphatic imine (C=N–C) groups is 2. The van der Waals surface area contributed by atoms with Gasteiger partial charge < -0.3 is 11.5 Å². The van der Waals surface area contributed by atoms with E-state index >= 15 is 0 Å². The number of aromatic amines is 1. The Balaban J connectivity index is 1.97. The number of halogens is 2. The van der Waals surface area contributed by atoms with Crippen LogP contribution >= 0.6 is 31.9 Å². The lowest BCUT2D eigenvalue weighted by atomic mass is 9.87. The van der Waals surface area contributed by atoms with Crippen molar-refractivity contribution in [3.63, 3.8) is 0 Å². The average molecular weight is 455 g/mol. The molecule has 4 rings (SSSR count). The number of nitrogens with zero attached hydrogens (tertiary/aromatic N) is 4. The molecule has 126 valence electrons. The van der Waals surface area contributed by atoms with Gasteiger partial charge in [0.25, 0.3) is 0 Å². The summed E-state index contributed by atoms with van der Waals surface area (Å²) in [7, 11) is 0. The summed E-state index contributed by atoms with van der Waals surface area (Å²) < 4.78 is 1.83. The smallest absolute Gasteiger partial charge is 0.220 e. The number of benzene rings is 1. The van der Waals surface area contributed by atoms with Crippen molar-refractivity contribution < 1.29 is 0 Å². The van der Waals surface area contributed by atoms with Gasteiger partial charge >= 0.3 is 0 Å². The molecule has 2 aliphatic rings. The summed E-state index contributed by atoms with van der Waals surface area (Å²) in [6.45, 7) is 0. The molecule has 1 aromatic heterocycles. The van der Waals surface area contributed by atoms with E-state index in [2.05, 4.69) is 47.0 Å². The van der Waals surface area contributed by atoms with Crippen LogP contribution in [0.25, 0.3) is 10.9 Å². The molecule has 1 spiro atoms. The van der Waals surface area contributed by atoms with E-state index in [-0.39, 0.29) is 5.96 Å². The second-order valence-electron chi connectivity index (χ2n) is 6.17. The molecule has 1 fully saturated rings. The largest absolute Gasteiger partial charge is 0.369 e. The Hall–Kier alpha value is -1.61. The van der Waals surface area contributed by atoms with Crippen LogP contribution in [-0.4, -0.2) is 27.8 Å². The van der Waals surface area contributed by atoms with Crippen LogP contribution in [-0.2, 0) is 0 Å². The molecule has 0 bridgehead atoms. The van der Waals surface area contributed by atoms with Crippen LogP contribution in [0.4, 0.5) is 5.69 Å². The predicted molar refractivity (Wildman–Crippen MR) is 103 cm³/mol. The maximum Gasteiger partial charge on any atom is 0.220 e. The zero-order valence-corrected chi connectivity index (χ0v) is 16.1. The van der Waals surface area contributed by atoms with Crippen LogP contribution in [0.3, 0.4) is 0 Å². The molecule has 1 aliphatic heterocycles. The minimum atomic E-state index is -0.477. The third-order valence-corrected chi connectivity index (χ3v) is 5.92. The van der Waals surface area contributed by atoms with Gasteiger partial charge in [-0.2, -0.15) is 10.1 Å². The summed E-state index contributed by atoms with van der Waals surface area (Å²) in [5.74, 6) is 0.622. The van der Waals surface area contributed by atoms with Gasteiger partial charge in [-0.1, -0.05) is 6.42 Å². The molecule has 5 N–H and O–H groups in total. The van der Waals surface area contributed by atoms with Gasteiger partial charge in [-0.3, -0.25) is 10.00 Å². The van der Waals surface area contributed by atoms with Crippen molar-refractivity contribution in [2.75, 3.05) is 4.90 Å². The molecule has 0 radical (unpaired) electrons. The maximum absolute atomic E-state index is 6.33. The Morgan fingerprint density at radius 1 is 1.12 bits per heavy atom. The fraction of sp³-hybridized carbons (Fsp3) is 0.400. The van der Waals surface area contributed by atoms with E-state index < -0.39 is 5.66 Å². The third kappa shape index (κ3) is 2.33. The standard InChI is InChI=1S/C15H17Br2N7/c16-9-6-10(17)12(8-7-20-23-11(8)9)24-14(19)21-13(18)22-15(24)4-2-1-3-5-15/h6-7H,1-5H2,(H,20,23)(H4,18,19,21,22). The average Bonchev–Trinajstić information content (AvgIpc) is 3.00. The Labute approximate surface area is 155 Å². The molecule has 0 saturated heterocycles. The van der Waals surface area contributed by atoms with Crippen molar-refractivity contribution in [1.82, 2.24) is 10.2 Å². The predicted octanol–water partition coefficient (Wildman–Crippen LogP) is 3.20. The van der Waals surface area contributed by atoms with Crippen molar-refractivity contribution in [2.24, 2.45) is 21.5 Å². The minimum absolute atomic E-state index is 0.252. The molecular weight excluding hydrogens is 438 g/mol. The van der Waals surface area contributed by atoms with Crippen molar-refractivity contribution in [1.29, 1.82) is 0 Å². The monoisotopic (exact) mass is 453 g/mol. The molecule has 0 atom stereocenters. The van der Waals surface area contributed by atoms with Gasteiger partial charge in [0.15, 0.2) is 0 Å². The minimum Gasteiger partial charge on any atom is -0.369 e. The normalized spacial score (nSPS) is 20.3. The first-order valence-corrected chi connectivity index (χ1v) is 9.41. The van der Waals surface area contributed by atoms with E-state index in [1.54, 1.807) is 6.20 Å². The second kappa shape index (κ2) is 5.73. The third-order valence-electron chi connectivity index (χ3n) is 4.69. The zero-order chi connectivity index (χ0) is 16.9. The Kier molecular flexibility index (Phi) is 3.80. The molecular formula is C15H17Br2N7. The van der Waals surface area contributed by atoms with Crippen LogP contribution in [0.2, 0.25) is 0 Å². The molecule has 1 aliphatic carbocycles. The molecule has 0 unspecified atom stereocenters. The number of hydrogen-bond donors (Lipinski definition) is 3. The zero-order valence-electron chi connectivity index (χ0n) is 12.9. The van der Waals surface area contributed by atoms with Gasteiger partial charge in [0.1, 0.15) is 5.66 Å². The molecule has 1 saturated carbocycles. The lowest BCUT2D eigenvalue weighted by Gasteiger charge is -2.46. The summed E-state index contributed by atoms with van der Waals surface area (Å²) >= 11 is 7.25. The Morgan fingerprint density at radius 2 is 1.88 bits per heavy atom. The molecule has 9 heteroatoms. The van der Waals surface area contributed by atoms with E-state index in [1.807, 2.05) is 11.0 Å². The molecule has 24 heavy (non-hydrogen) atoms. The van der Waals surface area contributed by atoms with Gasteiger partial charge in [0.05, 0.1) is 17.4 Å². The van der Waals surface area contributed by atoms with Crippen molar-refractivity contribution in [3.8, 4) is 0 Å². The van der Waals surface area contributed by atoms with Gasteiger partial charge in [-0.25, -0.2) is 4.99 Å².